The molecule has 4 rings (SSSR count). The molecule has 2 aromatic rings. The molecule has 2 aliphatic heterocycles. The quantitative estimate of drug-likeness (QED) is 0.861. The number of aryl methyl sites for hydroxylation is 2. The van der Waals surface area contributed by atoms with Gasteiger partial charge in [-0.25, -0.2) is 0 Å². The van der Waals surface area contributed by atoms with Crippen LogP contribution in [0.4, 0.5) is 5.69 Å². The average molecular weight is 348 g/mol. The fourth-order valence-electron chi connectivity index (χ4n) is 4.27. The standard InChI is InChI=1S/C23H29N3/c1-17-13-20-15-23(9-11-26(3)12-10-23)22(25-21(20)14-18(17)2)24-16-19-7-5-4-6-8-19/h4-8,13-14H,9-12,15-16H2,1-3H3,(H,24,25). The van der Waals surface area contributed by atoms with Gasteiger partial charge in [-0.1, -0.05) is 36.4 Å². The van der Waals surface area contributed by atoms with Crippen LogP contribution >= 0.6 is 0 Å². The topological polar surface area (TPSA) is 27.6 Å². The first-order valence-electron chi connectivity index (χ1n) is 9.70. The molecular formula is C23H29N3. The van der Waals surface area contributed by atoms with E-state index in [1.165, 1.54) is 46.6 Å². The second kappa shape index (κ2) is 6.88. The molecule has 3 nitrogen and oxygen atoms in total. The van der Waals surface area contributed by atoms with Crippen molar-refractivity contribution in [1.29, 1.82) is 0 Å². The highest BCUT2D eigenvalue weighted by Gasteiger charge is 2.42. The SMILES string of the molecule is Cc1cc2c(cc1C)NC(=NCc1ccccc1)C1(CCN(C)CC1)C2. The van der Waals surface area contributed by atoms with Crippen molar-refractivity contribution in [1.82, 2.24) is 4.90 Å². The maximum Gasteiger partial charge on any atom is 0.108 e. The Morgan fingerprint density at radius 1 is 1.04 bits per heavy atom. The van der Waals surface area contributed by atoms with Gasteiger partial charge in [0.15, 0.2) is 0 Å². The molecule has 2 heterocycles. The van der Waals surface area contributed by atoms with E-state index in [0.29, 0.717) is 0 Å². The minimum Gasteiger partial charge on any atom is -0.343 e. The van der Waals surface area contributed by atoms with Gasteiger partial charge in [0, 0.05) is 11.1 Å². The van der Waals surface area contributed by atoms with Crippen LogP contribution in [0.5, 0.6) is 0 Å². The van der Waals surface area contributed by atoms with E-state index in [9.17, 15) is 0 Å². The normalized spacial score (nSPS) is 20.8. The lowest BCUT2D eigenvalue weighted by Gasteiger charge is -2.45. The zero-order valence-corrected chi connectivity index (χ0v) is 16.2. The Labute approximate surface area is 157 Å². The highest BCUT2D eigenvalue weighted by Crippen LogP contribution is 2.42. The number of fused-ring (bicyclic) bond motifs is 1. The Balaban J connectivity index is 1.70. The molecule has 2 aromatic carbocycles. The summed E-state index contributed by atoms with van der Waals surface area (Å²) >= 11 is 0. The van der Waals surface area contributed by atoms with Crippen molar-refractivity contribution in [2.45, 2.75) is 39.7 Å². The van der Waals surface area contributed by atoms with E-state index in [1.54, 1.807) is 0 Å². The lowest BCUT2D eigenvalue weighted by molar-refractivity contribution is 0.178. The highest BCUT2D eigenvalue weighted by molar-refractivity contribution is 6.02. The molecule has 0 radical (unpaired) electrons. The summed E-state index contributed by atoms with van der Waals surface area (Å²) in [7, 11) is 2.23. The number of benzene rings is 2. The van der Waals surface area contributed by atoms with E-state index in [4.69, 9.17) is 4.99 Å². The Kier molecular flexibility index (Phi) is 4.58. The van der Waals surface area contributed by atoms with E-state index in [2.05, 4.69) is 73.6 Å². The second-order valence-electron chi connectivity index (χ2n) is 8.13. The maximum absolute atomic E-state index is 5.09. The summed E-state index contributed by atoms with van der Waals surface area (Å²) in [6, 6.07) is 15.3. The molecule has 0 saturated carbocycles. The van der Waals surface area contributed by atoms with Gasteiger partial charge >= 0.3 is 0 Å². The molecule has 26 heavy (non-hydrogen) atoms. The van der Waals surface area contributed by atoms with Gasteiger partial charge in [0.05, 0.1) is 6.54 Å². The largest absolute Gasteiger partial charge is 0.343 e. The lowest BCUT2D eigenvalue weighted by Crippen LogP contribution is -2.49. The Hall–Kier alpha value is -2.13. The van der Waals surface area contributed by atoms with Gasteiger partial charge in [-0.2, -0.15) is 0 Å². The predicted octanol–water partition coefficient (Wildman–Crippen LogP) is 4.58. The van der Waals surface area contributed by atoms with Crippen molar-refractivity contribution in [3.8, 4) is 0 Å². The van der Waals surface area contributed by atoms with Crippen LogP contribution in [0.25, 0.3) is 0 Å². The smallest absolute Gasteiger partial charge is 0.108 e. The maximum atomic E-state index is 5.09. The minimum absolute atomic E-state index is 0.163. The summed E-state index contributed by atoms with van der Waals surface area (Å²) in [5.41, 5.74) is 6.88. The third-order valence-corrected chi connectivity index (χ3v) is 6.21. The fourth-order valence-corrected chi connectivity index (χ4v) is 4.27. The molecule has 0 bridgehead atoms. The van der Waals surface area contributed by atoms with Crippen molar-refractivity contribution in [3.05, 3.63) is 64.7 Å². The molecule has 1 fully saturated rings. The zero-order valence-electron chi connectivity index (χ0n) is 16.2. The summed E-state index contributed by atoms with van der Waals surface area (Å²) < 4.78 is 0. The van der Waals surface area contributed by atoms with Crippen LogP contribution in [0.15, 0.2) is 47.5 Å². The van der Waals surface area contributed by atoms with E-state index in [-0.39, 0.29) is 5.41 Å². The third-order valence-electron chi connectivity index (χ3n) is 6.21. The minimum atomic E-state index is 0.163. The first kappa shape index (κ1) is 17.3. The van der Waals surface area contributed by atoms with Gasteiger partial charge in [-0.15, -0.1) is 0 Å². The number of anilines is 1. The molecular weight excluding hydrogens is 318 g/mol. The van der Waals surface area contributed by atoms with E-state index in [0.717, 1.165) is 26.1 Å². The van der Waals surface area contributed by atoms with Gasteiger partial charge < -0.3 is 10.2 Å². The average Bonchev–Trinajstić information content (AvgIpc) is 2.65. The molecule has 1 saturated heterocycles. The molecule has 136 valence electrons. The van der Waals surface area contributed by atoms with Crippen molar-refractivity contribution in [2.24, 2.45) is 10.4 Å². The highest BCUT2D eigenvalue weighted by atomic mass is 15.1. The van der Waals surface area contributed by atoms with Crippen LogP contribution in [0, 0.1) is 19.3 Å². The van der Waals surface area contributed by atoms with E-state index < -0.39 is 0 Å². The molecule has 0 aliphatic carbocycles. The fraction of sp³-hybridized carbons (Fsp3) is 0.435. The molecule has 3 heteroatoms. The van der Waals surface area contributed by atoms with E-state index >= 15 is 0 Å². The molecule has 2 aliphatic rings. The van der Waals surface area contributed by atoms with Crippen molar-refractivity contribution in [3.63, 3.8) is 0 Å². The van der Waals surface area contributed by atoms with Crippen LogP contribution in [0.3, 0.4) is 0 Å². The van der Waals surface area contributed by atoms with Crippen LogP contribution in [0.2, 0.25) is 0 Å². The van der Waals surface area contributed by atoms with Crippen molar-refractivity contribution in [2.75, 3.05) is 25.5 Å². The second-order valence-corrected chi connectivity index (χ2v) is 8.13. The van der Waals surface area contributed by atoms with Crippen molar-refractivity contribution >= 4 is 11.5 Å². The first-order chi connectivity index (χ1) is 12.6. The summed E-state index contributed by atoms with van der Waals surface area (Å²) in [6.45, 7) is 7.45. The van der Waals surface area contributed by atoms with Gasteiger partial charge in [-0.05, 0) is 81.6 Å². The molecule has 0 amide bonds. The zero-order chi connectivity index (χ0) is 18.1. The Morgan fingerprint density at radius 2 is 1.73 bits per heavy atom. The number of likely N-dealkylation sites (tertiary alicyclic amines) is 1. The summed E-state index contributed by atoms with van der Waals surface area (Å²) in [5.74, 6) is 1.20. The number of hydrogen-bond acceptors (Lipinski definition) is 2. The van der Waals surface area contributed by atoms with Crippen LogP contribution in [-0.4, -0.2) is 30.9 Å². The van der Waals surface area contributed by atoms with Crippen molar-refractivity contribution < 1.29 is 0 Å². The number of amidine groups is 1. The van der Waals surface area contributed by atoms with Gasteiger partial charge in [0.2, 0.25) is 0 Å². The van der Waals surface area contributed by atoms with E-state index in [1.807, 2.05) is 0 Å². The molecule has 0 atom stereocenters. The Morgan fingerprint density at radius 3 is 2.46 bits per heavy atom. The molecule has 0 unspecified atom stereocenters. The van der Waals surface area contributed by atoms with Crippen LogP contribution in [0.1, 0.15) is 35.1 Å². The monoisotopic (exact) mass is 347 g/mol. The molecule has 1 spiro atoms. The van der Waals surface area contributed by atoms with Crippen LogP contribution in [-0.2, 0) is 13.0 Å². The molecule has 1 N–H and O–H groups in total. The number of nitrogens with one attached hydrogen (secondary N) is 1. The third kappa shape index (κ3) is 3.28. The predicted molar refractivity (Wildman–Crippen MR) is 110 cm³/mol. The number of aliphatic imine (C=N–C) groups is 1. The summed E-state index contributed by atoms with van der Waals surface area (Å²) in [6.07, 6.45) is 3.46. The number of hydrogen-bond donors (Lipinski definition) is 1. The van der Waals surface area contributed by atoms with Gasteiger partial charge in [0.1, 0.15) is 5.84 Å². The number of piperidine rings is 1. The number of rotatable bonds is 2. The Bertz CT molecular complexity index is 815. The summed E-state index contributed by atoms with van der Waals surface area (Å²) in [5, 5.41) is 3.74. The number of nitrogens with zero attached hydrogens (tertiary/aromatic N) is 2. The van der Waals surface area contributed by atoms with Gasteiger partial charge in [-0.3, -0.25) is 4.99 Å². The summed E-state index contributed by atoms with van der Waals surface area (Å²) in [4.78, 5) is 7.53. The molecule has 0 aromatic heterocycles. The van der Waals surface area contributed by atoms with Gasteiger partial charge in [0.25, 0.3) is 0 Å². The first-order valence-corrected chi connectivity index (χ1v) is 9.70. The lowest BCUT2D eigenvalue weighted by atomic mass is 9.70. The van der Waals surface area contributed by atoms with Crippen LogP contribution < -0.4 is 5.32 Å².